The van der Waals surface area contributed by atoms with Crippen molar-refractivity contribution in [2.75, 3.05) is 0 Å². The molecule has 2 aromatic carbocycles. The standard InChI is InChI=1S/C13H8FNO/c14-11-4-1-9(2-5-11)10-3-6-12-13(7-10)16-8-15-12/h1-8H. The summed E-state index contributed by atoms with van der Waals surface area (Å²) < 4.78 is 18.0. The smallest absolute Gasteiger partial charge is 0.181 e. The summed E-state index contributed by atoms with van der Waals surface area (Å²) >= 11 is 0. The Balaban J connectivity index is 2.14. The van der Waals surface area contributed by atoms with Crippen LogP contribution < -0.4 is 0 Å². The first-order valence-corrected chi connectivity index (χ1v) is 4.92. The fourth-order valence-electron chi connectivity index (χ4n) is 1.68. The summed E-state index contributed by atoms with van der Waals surface area (Å²) in [6, 6.07) is 12.1. The molecule has 1 aromatic heterocycles. The average Bonchev–Trinajstić information content (AvgIpc) is 2.77. The van der Waals surface area contributed by atoms with Gasteiger partial charge in [-0.3, -0.25) is 0 Å². The van der Waals surface area contributed by atoms with Crippen LogP contribution in [0.4, 0.5) is 4.39 Å². The van der Waals surface area contributed by atoms with Crippen molar-refractivity contribution < 1.29 is 8.81 Å². The van der Waals surface area contributed by atoms with Gasteiger partial charge < -0.3 is 4.42 Å². The first kappa shape index (κ1) is 9.09. The van der Waals surface area contributed by atoms with Crippen LogP contribution in [0.2, 0.25) is 0 Å². The molecule has 0 saturated carbocycles. The van der Waals surface area contributed by atoms with E-state index >= 15 is 0 Å². The molecule has 0 bridgehead atoms. The zero-order valence-corrected chi connectivity index (χ0v) is 8.35. The summed E-state index contributed by atoms with van der Waals surface area (Å²) in [5.74, 6) is -0.232. The second kappa shape index (κ2) is 3.45. The van der Waals surface area contributed by atoms with E-state index in [-0.39, 0.29) is 5.82 Å². The van der Waals surface area contributed by atoms with Crippen LogP contribution in [0, 0.1) is 5.82 Å². The number of rotatable bonds is 1. The van der Waals surface area contributed by atoms with Gasteiger partial charge in [0.2, 0.25) is 0 Å². The van der Waals surface area contributed by atoms with E-state index in [1.165, 1.54) is 18.5 Å². The molecule has 0 N–H and O–H groups in total. The lowest BCUT2D eigenvalue weighted by Crippen LogP contribution is -1.78. The molecule has 3 rings (SSSR count). The van der Waals surface area contributed by atoms with Crippen LogP contribution in [0.3, 0.4) is 0 Å². The van der Waals surface area contributed by atoms with Crippen LogP contribution in [-0.4, -0.2) is 4.98 Å². The Morgan fingerprint density at radius 3 is 2.50 bits per heavy atom. The van der Waals surface area contributed by atoms with Crippen molar-refractivity contribution in [3.63, 3.8) is 0 Å². The number of fused-ring (bicyclic) bond motifs is 1. The molecule has 0 atom stereocenters. The summed E-state index contributed by atoms with van der Waals surface area (Å²) in [6.07, 6.45) is 1.42. The number of nitrogens with zero attached hydrogens (tertiary/aromatic N) is 1. The third kappa shape index (κ3) is 1.46. The van der Waals surface area contributed by atoms with Gasteiger partial charge in [-0.2, -0.15) is 0 Å². The minimum atomic E-state index is -0.232. The molecule has 0 radical (unpaired) electrons. The van der Waals surface area contributed by atoms with Gasteiger partial charge in [-0.05, 0) is 35.4 Å². The Morgan fingerprint density at radius 1 is 0.938 bits per heavy atom. The van der Waals surface area contributed by atoms with E-state index in [0.717, 1.165) is 22.2 Å². The highest BCUT2D eigenvalue weighted by atomic mass is 19.1. The highest BCUT2D eigenvalue weighted by Gasteiger charge is 2.02. The van der Waals surface area contributed by atoms with E-state index < -0.39 is 0 Å². The van der Waals surface area contributed by atoms with E-state index in [1.54, 1.807) is 12.1 Å². The minimum absolute atomic E-state index is 0.232. The van der Waals surface area contributed by atoms with Crippen molar-refractivity contribution in [2.45, 2.75) is 0 Å². The maximum atomic E-state index is 12.8. The van der Waals surface area contributed by atoms with E-state index in [4.69, 9.17) is 4.42 Å². The SMILES string of the molecule is Fc1ccc(-c2ccc3ncoc3c2)cc1. The molecule has 16 heavy (non-hydrogen) atoms. The summed E-state index contributed by atoms with van der Waals surface area (Å²) in [5, 5.41) is 0. The third-order valence-corrected chi connectivity index (χ3v) is 2.51. The lowest BCUT2D eigenvalue weighted by molar-refractivity contribution is 0.602. The van der Waals surface area contributed by atoms with Crippen LogP contribution in [0.1, 0.15) is 0 Å². The second-order valence-corrected chi connectivity index (χ2v) is 3.54. The van der Waals surface area contributed by atoms with Crippen molar-refractivity contribution in [3.05, 3.63) is 54.7 Å². The number of oxazole rings is 1. The Kier molecular flexibility index (Phi) is 1.96. The summed E-state index contributed by atoms with van der Waals surface area (Å²) in [7, 11) is 0. The van der Waals surface area contributed by atoms with Gasteiger partial charge in [0.1, 0.15) is 11.3 Å². The number of hydrogen-bond acceptors (Lipinski definition) is 2. The van der Waals surface area contributed by atoms with Crippen molar-refractivity contribution in [1.29, 1.82) is 0 Å². The Morgan fingerprint density at radius 2 is 1.69 bits per heavy atom. The molecule has 0 aliphatic rings. The number of hydrogen-bond donors (Lipinski definition) is 0. The Hall–Kier alpha value is -2.16. The largest absolute Gasteiger partial charge is 0.443 e. The first-order valence-electron chi connectivity index (χ1n) is 4.92. The predicted octanol–water partition coefficient (Wildman–Crippen LogP) is 3.63. The zero-order valence-electron chi connectivity index (χ0n) is 8.35. The molecule has 2 nitrogen and oxygen atoms in total. The average molecular weight is 213 g/mol. The zero-order chi connectivity index (χ0) is 11.0. The number of halogens is 1. The van der Waals surface area contributed by atoms with E-state index in [2.05, 4.69) is 4.98 Å². The van der Waals surface area contributed by atoms with Gasteiger partial charge in [-0.25, -0.2) is 9.37 Å². The van der Waals surface area contributed by atoms with Gasteiger partial charge in [0.05, 0.1) is 0 Å². The normalized spacial score (nSPS) is 10.8. The van der Waals surface area contributed by atoms with Crippen molar-refractivity contribution in [3.8, 4) is 11.1 Å². The van der Waals surface area contributed by atoms with Gasteiger partial charge in [-0.1, -0.05) is 18.2 Å². The second-order valence-electron chi connectivity index (χ2n) is 3.54. The fourth-order valence-corrected chi connectivity index (χ4v) is 1.68. The molecular formula is C13H8FNO. The molecule has 0 aliphatic carbocycles. The van der Waals surface area contributed by atoms with Gasteiger partial charge in [-0.15, -0.1) is 0 Å². The molecule has 0 fully saturated rings. The van der Waals surface area contributed by atoms with Crippen LogP contribution in [0.25, 0.3) is 22.2 Å². The molecule has 1 heterocycles. The lowest BCUT2D eigenvalue weighted by atomic mass is 10.1. The quantitative estimate of drug-likeness (QED) is 0.616. The van der Waals surface area contributed by atoms with Crippen LogP contribution in [0.15, 0.2) is 53.3 Å². The Bertz CT molecular complexity index is 628. The maximum Gasteiger partial charge on any atom is 0.181 e. The van der Waals surface area contributed by atoms with E-state index in [1.807, 2.05) is 18.2 Å². The van der Waals surface area contributed by atoms with E-state index in [9.17, 15) is 4.39 Å². The molecular weight excluding hydrogens is 205 g/mol. The lowest BCUT2D eigenvalue weighted by Gasteiger charge is -2.00. The topological polar surface area (TPSA) is 26.0 Å². The summed E-state index contributed by atoms with van der Waals surface area (Å²) in [4.78, 5) is 4.04. The van der Waals surface area contributed by atoms with Crippen LogP contribution >= 0.6 is 0 Å². The number of benzene rings is 2. The van der Waals surface area contributed by atoms with Crippen molar-refractivity contribution in [1.82, 2.24) is 4.98 Å². The van der Waals surface area contributed by atoms with Gasteiger partial charge in [0, 0.05) is 0 Å². The monoisotopic (exact) mass is 213 g/mol. The molecule has 0 amide bonds. The molecule has 0 unspecified atom stereocenters. The minimum Gasteiger partial charge on any atom is -0.443 e. The van der Waals surface area contributed by atoms with Crippen molar-refractivity contribution >= 4 is 11.1 Å². The summed E-state index contributed by atoms with van der Waals surface area (Å²) in [6.45, 7) is 0. The first-order chi connectivity index (χ1) is 7.83. The predicted molar refractivity (Wildman–Crippen MR) is 59.4 cm³/mol. The Labute approximate surface area is 91.3 Å². The molecule has 3 heteroatoms. The van der Waals surface area contributed by atoms with Gasteiger partial charge in [0.25, 0.3) is 0 Å². The third-order valence-electron chi connectivity index (χ3n) is 2.51. The molecule has 3 aromatic rings. The highest BCUT2D eigenvalue weighted by molar-refractivity contribution is 5.79. The maximum absolute atomic E-state index is 12.8. The highest BCUT2D eigenvalue weighted by Crippen LogP contribution is 2.23. The van der Waals surface area contributed by atoms with Gasteiger partial charge >= 0.3 is 0 Å². The molecule has 0 saturated heterocycles. The van der Waals surface area contributed by atoms with Crippen LogP contribution in [0.5, 0.6) is 0 Å². The van der Waals surface area contributed by atoms with Gasteiger partial charge in [0.15, 0.2) is 12.0 Å². The number of aromatic nitrogens is 1. The van der Waals surface area contributed by atoms with E-state index in [0.29, 0.717) is 0 Å². The molecule has 78 valence electrons. The summed E-state index contributed by atoms with van der Waals surface area (Å²) in [5.41, 5.74) is 3.51. The molecule has 0 aliphatic heterocycles. The van der Waals surface area contributed by atoms with Crippen LogP contribution in [-0.2, 0) is 0 Å². The fraction of sp³-hybridized carbons (Fsp3) is 0. The van der Waals surface area contributed by atoms with Crippen molar-refractivity contribution in [2.24, 2.45) is 0 Å². The molecule has 0 spiro atoms.